The zero-order valence-corrected chi connectivity index (χ0v) is 14.6. The molecule has 0 aliphatic heterocycles. The fourth-order valence-electron chi connectivity index (χ4n) is 2.97. The summed E-state index contributed by atoms with van der Waals surface area (Å²) in [7, 11) is 0. The number of aromatic nitrogens is 1. The second-order valence-corrected chi connectivity index (χ2v) is 5.89. The molecule has 4 heteroatoms. The van der Waals surface area contributed by atoms with Crippen molar-refractivity contribution in [2.75, 3.05) is 6.61 Å². The van der Waals surface area contributed by atoms with E-state index in [0.29, 0.717) is 19.6 Å². The van der Waals surface area contributed by atoms with Crippen LogP contribution in [-0.2, 0) is 16.1 Å². The van der Waals surface area contributed by atoms with Gasteiger partial charge < -0.3 is 14.0 Å². The molecule has 0 aliphatic carbocycles. The van der Waals surface area contributed by atoms with E-state index in [1.54, 1.807) is 0 Å². The van der Waals surface area contributed by atoms with Gasteiger partial charge in [0.15, 0.2) is 0 Å². The maximum Gasteiger partial charge on any atom is 0.329 e. The zero-order valence-electron chi connectivity index (χ0n) is 14.6. The van der Waals surface area contributed by atoms with Crippen molar-refractivity contribution in [2.45, 2.75) is 32.9 Å². The molecular formula is C21H23NO3. The van der Waals surface area contributed by atoms with E-state index in [2.05, 4.69) is 0 Å². The Labute approximate surface area is 148 Å². The van der Waals surface area contributed by atoms with E-state index in [4.69, 9.17) is 9.47 Å². The van der Waals surface area contributed by atoms with Crippen LogP contribution >= 0.6 is 0 Å². The minimum atomic E-state index is -0.334. The quantitative estimate of drug-likeness (QED) is 0.585. The number of hydrogen-bond donors (Lipinski definition) is 0. The molecule has 3 aromatic rings. The fraction of sp³-hybridized carbons (Fsp3) is 0.286. The average Bonchev–Trinajstić information content (AvgIpc) is 3.05. The lowest BCUT2D eigenvalue weighted by atomic mass is 10.2. The van der Waals surface area contributed by atoms with Gasteiger partial charge in [-0.05, 0) is 43.2 Å². The molecule has 1 atom stereocenters. The number of carbonyl (C=O) groups excluding carboxylic acids is 1. The number of nitrogens with zero attached hydrogens (tertiary/aromatic N) is 1. The molecule has 2 aromatic carbocycles. The standard InChI is InChI=1S/C21H23NO3/c1-3-19(21(23)25-15-16-8-6-5-7-9-16)22-13-12-17-14-18(24-4-2)10-11-20(17)22/h5-14,19H,3-4,15H2,1-2H3. The van der Waals surface area contributed by atoms with Crippen molar-refractivity contribution in [2.24, 2.45) is 0 Å². The summed E-state index contributed by atoms with van der Waals surface area (Å²) in [5, 5.41) is 1.06. The van der Waals surface area contributed by atoms with Crippen LogP contribution in [0, 0.1) is 0 Å². The lowest BCUT2D eigenvalue weighted by molar-refractivity contribution is -0.149. The predicted octanol–water partition coefficient (Wildman–Crippen LogP) is 4.73. The van der Waals surface area contributed by atoms with Gasteiger partial charge in [0.25, 0.3) is 0 Å². The molecule has 1 aromatic heterocycles. The lowest BCUT2D eigenvalue weighted by Gasteiger charge is -2.17. The molecule has 0 N–H and O–H groups in total. The number of benzene rings is 2. The Hall–Kier alpha value is -2.75. The van der Waals surface area contributed by atoms with Gasteiger partial charge in [-0.25, -0.2) is 4.79 Å². The van der Waals surface area contributed by atoms with Gasteiger partial charge in [0.2, 0.25) is 0 Å². The summed E-state index contributed by atoms with van der Waals surface area (Å²) in [6, 6.07) is 17.3. The molecule has 0 saturated carbocycles. The second-order valence-electron chi connectivity index (χ2n) is 5.89. The Bertz CT molecular complexity index is 839. The molecule has 130 valence electrons. The van der Waals surface area contributed by atoms with Gasteiger partial charge in [-0.1, -0.05) is 37.3 Å². The molecule has 0 radical (unpaired) electrons. The number of rotatable bonds is 7. The molecule has 3 rings (SSSR count). The monoisotopic (exact) mass is 337 g/mol. The number of fused-ring (bicyclic) bond motifs is 1. The minimum Gasteiger partial charge on any atom is -0.494 e. The summed E-state index contributed by atoms with van der Waals surface area (Å²) in [5.74, 6) is 0.630. The summed E-state index contributed by atoms with van der Waals surface area (Å²) in [6.07, 6.45) is 2.61. The van der Waals surface area contributed by atoms with Gasteiger partial charge in [0.05, 0.1) is 6.61 Å². The van der Waals surface area contributed by atoms with Crippen LogP contribution in [0.25, 0.3) is 10.9 Å². The first-order valence-corrected chi connectivity index (χ1v) is 8.67. The smallest absolute Gasteiger partial charge is 0.329 e. The highest BCUT2D eigenvalue weighted by Crippen LogP contribution is 2.26. The Morgan fingerprint density at radius 2 is 1.88 bits per heavy atom. The summed E-state index contributed by atoms with van der Waals surface area (Å²) < 4.78 is 13.1. The molecule has 1 heterocycles. The Morgan fingerprint density at radius 1 is 1.08 bits per heavy atom. The molecule has 0 saturated heterocycles. The van der Waals surface area contributed by atoms with Crippen LogP contribution in [0.1, 0.15) is 31.9 Å². The highest BCUT2D eigenvalue weighted by atomic mass is 16.5. The van der Waals surface area contributed by atoms with Crippen molar-refractivity contribution >= 4 is 16.9 Å². The number of hydrogen-bond acceptors (Lipinski definition) is 3. The lowest BCUT2D eigenvalue weighted by Crippen LogP contribution is -2.20. The van der Waals surface area contributed by atoms with Crippen LogP contribution in [-0.4, -0.2) is 17.1 Å². The first kappa shape index (κ1) is 17.1. The van der Waals surface area contributed by atoms with Gasteiger partial charge in [-0.2, -0.15) is 0 Å². The normalized spacial score (nSPS) is 12.1. The second kappa shape index (κ2) is 7.88. The molecule has 0 fully saturated rings. The first-order chi connectivity index (χ1) is 12.2. The number of carbonyl (C=O) groups is 1. The zero-order chi connectivity index (χ0) is 17.6. The highest BCUT2D eigenvalue weighted by molar-refractivity contribution is 5.84. The van der Waals surface area contributed by atoms with E-state index in [0.717, 1.165) is 22.2 Å². The SMILES string of the molecule is CCOc1ccc2c(ccn2C(CC)C(=O)OCc2ccccc2)c1. The van der Waals surface area contributed by atoms with Crippen LogP contribution in [0.4, 0.5) is 0 Å². The van der Waals surface area contributed by atoms with Crippen molar-refractivity contribution < 1.29 is 14.3 Å². The summed E-state index contributed by atoms with van der Waals surface area (Å²) in [5.41, 5.74) is 2.00. The van der Waals surface area contributed by atoms with Crippen molar-refractivity contribution in [1.82, 2.24) is 4.57 Å². The first-order valence-electron chi connectivity index (χ1n) is 8.67. The number of ether oxygens (including phenoxy) is 2. The van der Waals surface area contributed by atoms with E-state index in [1.807, 2.05) is 79.2 Å². The third-order valence-corrected chi connectivity index (χ3v) is 4.22. The number of esters is 1. The van der Waals surface area contributed by atoms with Crippen LogP contribution in [0.2, 0.25) is 0 Å². The van der Waals surface area contributed by atoms with E-state index in [9.17, 15) is 4.79 Å². The van der Waals surface area contributed by atoms with Gasteiger partial charge in [0, 0.05) is 17.1 Å². The summed E-state index contributed by atoms with van der Waals surface area (Å²) in [6.45, 7) is 4.89. The third-order valence-electron chi connectivity index (χ3n) is 4.22. The topological polar surface area (TPSA) is 40.5 Å². The summed E-state index contributed by atoms with van der Waals surface area (Å²) >= 11 is 0. The van der Waals surface area contributed by atoms with Gasteiger partial charge in [-0.15, -0.1) is 0 Å². The molecule has 0 spiro atoms. The Kier molecular flexibility index (Phi) is 5.39. The van der Waals surface area contributed by atoms with Gasteiger partial charge >= 0.3 is 5.97 Å². The van der Waals surface area contributed by atoms with E-state index in [1.165, 1.54) is 0 Å². The molecule has 0 amide bonds. The van der Waals surface area contributed by atoms with Gasteiger partial charge in [-0.3, -0.25) is 0 Å². The minimum absolute atomic E-state index is 0.210. The molecule has 1 unspecified atom stereocenters. The van der Waals surface area contributed by atoms with Crippen molar-refractivity contribution in [1.29, 1.82) is 0 Å². The molecule has 0 aliphatic rings. The van der Waals surface area contributed by atoms with Crippen LogP contribution < -0.4 is 4.74 Å². The van der Waals surface area contributed by atoms with Crippen molar-refractivity contribution in [3.8, 4) is 5.75 Å². The highest BCUT2D eigenvalue weighted by Gasteiger charge is 2.21. The molecule has 25 heavy (non-hydrogen) atoms. The van der Waals surface area contributed by atoms with Crippen molar-refractivity contribution in [3.05, 3.63) is 66.4 Å². The molecule has 4 nitrogen and oxygen atoms in total. The van der Waals surface area contributed by atoms with Crippen LogP contribution in [0.5, 0.6) is 5.75 Å². The van der Waals surface area contributed by atoms with E-state index >= 15 is 0 Å². The van der Waals surface area contributed by atoms with Crippen molar-refractivity contribution in [3.63, 3.8) is 0 Å². The Morgan fingerprint density at radius 3 is 2.60 bits per heavy atom. The van der Waals surface area contributed by atoms with E-state index in [-0.39, 0.29) is 12.0 Å². The third kappa shape index (κ3) is 3.85. The fourth-order valence-corrected chi connectivity index (χ4v) is 2.97. The largest absolute Gasteiger partial charge is 0.494 e. The maximum atomic E-state index is 12.6. The van der Waals surface area contributed by atoms with Crippen LogP contribution in [0.3, 0.4) is 0 Å². The van der Waals surface area contributed by atoms with E-state index < -0.39 is 0 Å². The summed E-state index contributed by atoms with van der Waals surface area (Å²) in [4.78, 5) is 12.6. The molecular weight excluding hydrogens is 314 g/mol. The Balaban J connectivity index is 1.78. The predicted molar refractivity (Wildman–Crippen MR) is 98.7 cm³/mol. The maximum absolute atomic E-state index is 12.6. The van der Waals surface area contributed by atoms with Gasteiger partial charge in [0.1, 0.15) is 18.4 Å². The van der Waals surface area contributed by atoms with Crippen LogP contribution in [0.15, 0.2) is 60.8 Å². The molecule has 0 bridgehead atoms. The average molecular weight is 337 g/mol.